The van der Waals surface area contributed by atoms with Gasteiger partial charge in [-0.3, -0.25) is 0 Å². The normalized spacial score (nSPS) is 24.5. The molecule has 116 valence electrons. The van der Waals surface area contributed by atoms with Crippen molar-refractivity contribution in [2.75, 3.05) is 6.54 Å². The van der Waals surface area contributed by atoms with Gasteiger partial charge in [0.05, 0.1) is 4.32 Å². The fourth-order valence-electron chi connectivity index (χ4n) is 1.74. The quantitative estimate of drug-likeness (QED) is 0.398. The third-order valence-electron chi connectivity index (χ3n) is 3.03. The smallest absolute Gasteiger partial charge is 0.687 e. The minimum Gasteiger partial charge on any atom is -0.687 e. The first kappa shape index (κ1) is 14.5. The third kappa shape index (κ3) is 5.60. The predicted octanol–water partition coefficient (Wildman–Crippen LogP) is 5.91. The summed E-state index contributed by atoms with van der Waals surface area (Å²) in [6.45, 7) is 0.475. The van der Waals surface area contributed by atoms with Crippen molar-refractivity contribution < 1.29 is 24.2 Å². The number of halogens is 1. The van der Waals surface area contributed by atoms with Crippen LogP contribution < -0.4 is 0 Å². The van der Waals surface area contributed by atoms with Gasteiger partial charge in [0.25, 0.3) is 0 Å². The van der Waals surface area contributed by atoms with E-state index in [-0.39, 0.29) is 20.1 Å². The van der Waals surface area contributed by atoms with Crippen LogP contribution in [0.5, 0.6) is 0 Å². The molecule has 0 aliphatic carbocycles. The van der Waals surface area contributed by atoms with Crippen LogP contribution in [-0.2, 0) is 20.1 Å². The van der Waals surface area contributed by atoms with Gasteiger partial charge in [-0.2, -0.15) is 12.4 Å². The SMILES string of the molecule is C1=CC[N-]C=C1.[2H]C([2H])([2H])C1(Br)C=C(c2ccccc2)[N-]C=C1C.[Ir+3]. The van der Waals surface area contributed by atoms with E-state index in [1.807, 2.05) is 48.6 Å². The second-order valence-corrected chi connectivity index (χ2v) is 5.93. The van der Waals surface area contributed by atoms with Crippen LogP contribution in [0.3, 0.4) is 0 Å². The Hall–Kier alpha value is -1.09. The summed E-state index contributed by atoms with van der Waals surface area (Å²) >= 11 is 3.35. The maximum Gasteiger partial charge on any atom is 3.00 e. The van der Waals surface area contributed by atoms with Crippen molar-refractivity contribution in [2.24, 2.45) is 0 Å². The molecule has 0 amide bonds. The summed E-state index contributed by atoms with van der Waals surface area (Å²) in [5.74, 6) is 0. The molecule has 0 saturated carbocycles. The molecule has 1 atom stereocenters. The van der Waals surface area contributed by atoms with Crippen LogP contribution >= 0.6 is 15.9 Å². The topological polar surface area (TPSA) is 28.2 Å². The first-order valence-electron chi connectivity index (χ1n) is 8.18. The second kappa shape index (κ2) is 9.14. The summed E-state index contributed by atoms with van der Waals surface area (Å²) in [5, 5.41) is 8.22. The van der Waals surface area contributed by atoms with Gasteiger partial charge in [-0.1, -0.05) is 70.1 Å². The van der Waals surface area contributed by atoms with Crippen LogP contribution in [0.25, 0.3) is 16.3 Å². The fraction of sp³-hybridized carbons (Fsp3) is 0.222. The molecular formula is C18H19BrIrN2+. The van der Waals surface area contributed by atoms with Gasteiger partial charge in [-0.05, 0) is 19.3 Å². The Morgan fingerprint density at radius 2 is 2.00 bits per heavy atom. The molecule has 0 saturated heterocycles. The van der Waals surface area contributed by atoms with Crippen molar-refractivity contribution in [3.8, 4) is 0 Å². The maximum absolute atomic E-state index is 7.67. The molecule has 2 aliphatic heterocycles. The standard InChI is InChI=1S/C13H13BrN.C5H6N.Ir/c1-10-9-15-12(8-13(10,2)14)11-6-4-3-5-7-11;1-2-4-6-5-3-1;/h3-9H,1-2H3;1-4H,5H2;/q2*-1;+3/i2D3;;. The Morgan fingerprint density at radius 1 is 1.23 bits per heavy atom. The van der Waals surface area contributed by atoms with Crippen molar-refractivity contribution in [2.45, 2.75) is 18.1 Å². The first-order valence-corrected chi connectivity index (χ1v) is 7.47. The van der Waals surface area contributed by atoms with E-state index in [2.05, 4.69) is 26.6 Å². The third-order valence-corrected chi connectivity index (χ3v) is 3.88. The molecule has 2 heterocycles. The van der Waals surface area contributed by atoms with E-state index in [1.165, 1.54) is 0 Å². The summed E-state index contributed by atoms with van der Waals surface area (Å²) in [5.41, 5.74) is 2.27. The molecule has 1 unspecified atom stereocenters. The fourth-order valence-corrected chi connectivity index (χ4v) is 2.06. The van der Waals surface area contributed by atoms with Gasteiger partial charge in [-0.25, -0.2) is 0 Å². The van der Waals surface area contributed by atoms with E-state index in [1.54, 1.807) is 25.4 Å². The largest absolute Gasteiger partial charge is 3.00 e. The molecule has 1 aromatic carbocycles. The molecule has 2 nitrogen and oxygen atoms in total. The van der Waals surface area contributed by atoms with Crippen molar-refractivity contribution in [3.63, 3.8) is 0 Å². The molecule has 0 bridgehead atoms. The van der Waals surface area contributed by atoms with Crippen LogP contribution in [0.2, 0.25) is 0 Å². The first-order chi connectivity index (χ1) is 11.3. The minimum atomic E-state index is -2.15. The number of nitrogens with zero attached hydrogens (tertiary/aromatic N) is 2. The summed E-state index contributed by atoms with van der Waals surface area (Å²) in [7, 11) is 0. The van der Waals surface area contributed by atoms with Crippen LogP contribution in [0.1, 0.15) is 23.5 Å². The molecule has 0 N–H and O–H groups in total. The van der Waals surface area contributed by atoms with Gasteiger partial charge in [-0.15, -0.1) is 18.3 Å². The Bertz CT molecular complexity index is 669. The van der Waals surface area contributed by atoms with Crippen LogP contribution in [0.4, 0.5) is 0 Å². The maximum atomic E-state index is 7.67. The summed E-state index contributed by atoms with van der Waals surface area (Å²) in [6.07, 6.45) is 11.0. The van der Waals surface area contributed by atoms with E-state index in [0.29, 0.717) is 11.3 Å². The van der Waals surface area contributed by atoms with Crippen LogP contribution in [0.15, 0.2) is 72.6 Å². The Morgan fingerprint density at radius 3 is 2.50 bits per heavy atom. The zero-order valence-electron chi connectivity index (χ0n) is 15.2. The molecule has 1 aromatic rings. The van der Waals surface area contributed by atoms with Gasteiger partial charge in [0.2, 0.25) is 0 Å². The Labute approximate surface area is 159 Å². The number of benzene rings is 1. The van der Waals surface area contributed by atoms with Crippen molar-refractivity contribution in [1.29, 1.82) is 0 Å². The summed E-state index contributed by atoms with van der Waals surface area (Å²) in [4.78, 5) is 0. The van der Waals surface area contributed by atoms with Crippen molar-refractivity contribution in [1.82, 2.24) is 0 Å². The van der Waals surface area contributed by atoms with Gasteiger partial charge in [0.1, 0.15) is 0 Å². The average molecular weight is 539 g/mol. The number of hydrogen-bond donors (Lipinski definition) is 0. The molecule has 0 radical (unpaired) electrons. The molecule has 4 heteroatoms. The van der Waals surface area contributed by atoms with Crippen LogP contribution in [-0.4, -0.2) is 10.9 Å². The van der Waals surface area contributed by atoms with Gasteiger partial charge >= 0.3 is 20.1 Å². The van der Waals surface area contributed by atoms with E-state index >= 15 is 0 Å². The van der Waals surface area contributed by atoms with Gasteiger partial charge < -0.3 is 10.6 Å². The van der Waals surface area contributed by atoms with Gasteiger partial charge in [0, 0.05) is 4.11 Å². The number of allylic oxidation sites excluding steroid dienone is 4. The molecule has 0 spiro atoms. The minimum absolute atomic E-state index is 0. The molecule has 2 aliphatic rings. The number of alkyl halides is 1. The Balaban J connectivity index is 0.000000379. The molecule has 22 heavy (non-hydrogen) atoms. The Kier molecular flexibility index (Phi) is 6.02. The molecule has 0 aromatic heterocycles. The number of rotatable bonds is 1. The van der Waals surface area contributed by atoms with Crippen LogP contribution in [0, 0.1) is 0 Å². The zero-order chi connectivity index (χ0) is 17.6. The van der Waals surface area contributed by atoms with E-state index < -0.39 is 11.2 Å². The van der Waals surface area contributed by atoms with Crippen molar-refractivity contribution >= 4 is 21.6 Å². The molecule has 3 rings (SSSR count). The average Bonchev–Trinajstić information content (AvgIpc) is 2.59. The van der Waals surface area contributed by atoms with E-state index in [4.69, 9.17) is 4.11 Å². The second-order valence-electron chi connectivity index (χ2n) is 4.68. The van der Waals surface area contributed by atoms with Gasteiger partial charge in [0.15, 0.2) is 0 Å². The molecule has 0 fully saturated rings. The number of hydrogen-bond acceptors (Lipinski definition) is 0. The monoisotopic (exact) mass is 538 g/mol. The zero-order valence-corrected chi connectivity index (χ0v) is 16.1. The summed E-state index contributed by atoms with van der Waals surface area (Å²) in [6, 6.07) is 9.55. The van der Waals surface area contributed by atoms with E-state index in [9.17, 15) is 0 Å². The molecular weight excluding hydrogens is 516 g/mol. The van der Waals surface area contributed by atoms with E-state index in [0.717, 1.165) is 12.1 Å². The predicted molar refractivity (Wildman–Crippen MR) is 95.4 cm³/mol. The van der Waals surface area contributed by atoms with Crippen molar-refractivity contribution in [3.05, 3.63) is 88.8 Å². The summed E-state index contributed by atoms with van der Waals surface area (Å²) < 4.78 is 21.9.